The molecule has 0 saturated heterocycles. The number of hydrogen-bond acceptors (Lipinski definition) is 5. The van der Waals surface area contributed by atoms with Crippen LogP contribution in [0.15, 0.2) is 29.2 Å². The Morgan fingerprint density at radius 3 is 2.12 bits per heavy atom. The molecule has 1 unspecified atom stereocenters. The molecule has 0 bridgehead atoms. The summed E-state index contributed by atoms with van der Waals surface area (Å²) in [6.45, 7) is 9.26. The summed E-state index contributed by atoms with van der Waals surface area (Å²) in [5, 5.41) is 2.53. The quantitative estimate of drug-likeness (QED) is 0.920. The topological polar surface area (TPSA) is 88.1 Å². The predicted octanol–water partition coefficient (Wildman–Crippen LogP) is 3.01. The van der Waals surface area contributed by atoms with E-state index < -0.39 is 17.0 Å². The van der Waals surface area contributed by atoms with Crippen LogP contribution in [0.2, 0.25) is 0 Å². The number of nitrogens with one attached hydrogen (secondary N) is 1. The van der Waals surface area contributed by atoms with E-state index in [-0.39, 0.29) is 5.95 Å². The minimum atomic E-state index is -1.60. The number of hydrogen-bond donors (Lipinski definition) is 1. The summed E-state index contributed by atoms with van der Waals surface area (Å²) in [6.07, 6.45) is 0. The van der Waals surface area contributed by atoms with Gasteiger partial charge in [-0.25, -0.2) is 18.3 Å². The smallest absolute Gasteiger partial charge is 0.275 e. The summed E-state index contributed by atoms with van der Waals surface area (Å²) >= 11 is 0. The van der Waals surface area contributed by atoms with Gasteiger partial charge in [-0.1, -0.05) is 32.0 Å². The van der Waals surface area contributed by atoms with Gasteiger partial charge in [-0.05, 0) is 32.4 Å². The van der Waals surface area contributed by atoms with E-state index in [1.54, 1.807) is 26.0 Å². The zero-order valence-corrected chi connectivity index (χ0v) is 15.6. The normalized spacial score (nSPS) is 11.1. The van der Waals surface area contributed by atoms with Crippen LogP contribution < -0.4 is 5.32 Å². The summed E-state index contributed by atoms with van der Waals surface area (Å²) in [7, 11) is -0.147. The molecule has 0 aliphatic carbocycles. The first-order chi connectivity index (χ1) is 11.4. The molecular weight excluding hydrogens is 326 g/mol. The zero-order valence-electron chi connectivity index (χ0n) is 14.8. The third-order valence-corrected chi connectivity index (χ3v) is 4.39. The van der Waals surface area contributed by atoms with Crippen molar-refractivity contribution in [1.29, 1.82) is 0 Å². The fraction of sp³-hybridized carbons (Fsp3) is 0.375. The van der Waals surface area contributed by atoms with Gasteiger partial charge >= 0.3 is 6.03 Å². The molecule has 0 spiro atoms. The van der Waals surface area contributed by atoms with Crippen LogP contribution in [0.25, 0.3) is 0 Å². The van der Waals surface area contributed by atoms with Crippen molar-refractivity contribution in [3.05, 3.63) is 41.5 Å². The summed E-state index contributed by atoms with van der Waals surface area (Å²) < 4.78 is 13.6. The van der Waals surface area contributed by atoms with Crippen molar-refractivity contribution in [3.63, 3.8) is 0 Å². The second-order valence-corrected chi connectivity index (χ2v) is 6.18. The Kier molecular flexibility index (Phi) is 7.44. The highest BCUT2D eigenvalue weighted by atomic mass is 32.2. The number of urea groups is 1. The lowest BCUT2D eigenvalue weighted by molar-refractivity contribution is 0.241. The highest BCUT2D eigenvalue weighted by Gasteiger charge is 2.19. The number of amides is 2. The lowest BCUT2D eigenvalue weighted by atomic mass is 10.2. The Bertz CT molecular complexity index is 716. The second-order valence-electron chi connectivity index (χ2n) is 4.70. The molecule has 0 aliphatic rings. The summed E-state index contributed by atoms with van der Waals surface area (Å²) in [5.74, 6) is 1.15. The molecule has 1 heterocycles. The van der Waals surface area contributed by atoms with Crippen LogP contribution >= 0.6 is 0 Å². The van der Waals surface area contributed by atoms with Crippen molar-refractivity contribution in [1.82, 2.24) is 19.3 Å². The van der Waals surface area contributed by atoms with E-state index in [9.17, 15) is 9.00 Å². The number of carbonyl (C=O) groups is 1. The first-order valence-corrected chi connectivity index (χ1v) is 8.70. The van der Waals surface area contributed by atoms with Gasteiger partial charge in [0.2, 0.25) is 5.95 Å². The van der Waals surface area contributed by atoms with Crippen LogP contribution in [0.5, 0.6) is 0 Å². The van der Waals surface area contributed by atoms with Gasteiger partial charge in [0.15, 0.2) is 11.0 Å². The highest BCUT2D eigenvalue weighted by Crippen LogP contribution is 2.15. The van der Waals surface area contributed by atoms with Gasteiger partial charge in [-0.2, -0.15) is 9.97 Å². The van der Waals surface area contributed by atoms with Crippen LogP contribution in [-0.4, -0.2) is 36.5 Å². The van der Waals surface area contributed by atoms with E-state index in [0.717, 1.165) is 9.87 Å². The van der Waals surface area contributed by atoms with E-state index in [1.807, 2.05) is 32.9 Å². The average molecular weight is 349 g/mol. The number of aryl methyl sites for hydroxylation is 3. The zero-order chi connectivity index (χ0) is 18.3. The molecule has 0 fully saturated rings. The van der Waals surface area contributed by atoms with E-state index in [4.69, 9.17) is 0 Å². The number of rotatable bonds is 3. The molecule has 130 valence electrons. The van der Waals surface area contributed by atoms with Gasteiger partial charge in [0.1, 0.15) is 11.6 Å². The minimum absolute atomic E-state index is 0.142. The van der Waals surface area contributed by atoms with Crippen molar-refractivity contribution in [2.24, 2.45) is 0 Å². The van der Waals surface area contributed by atoms with E-state index in [0.29, 0.717) is 16.5 Å². The number of aromatic nitrogens is 3. The Labute approximate surface area is 145 Å². The maximum Gasteiger partial charge on any atom is 0.336 e. The Balaban J connectivity index is 0.00000139. The van der Waals surface area contributed by atoms with Gasteiger partial charge in [-0.3, -0.25) is 5.32 Å². The Morgan fingerprint density at radius 2 is 1.58 bits per heavy atom. The van der Waals surface area contributed by atoms with Crippen LogP contribution in [0, 0.1) is 20.8 Å². The molecular formula is C16H23N5O2S. The molecule has 1 aromatic carbocycles. The lowest BCUT2D eigenvalue weighted by Crippen LogP contribution is -2.34. The number of anilines is 1. The average Bonchev–Trinajstić information content (AvgIpc) is 2.55. The maximum absolute atomic E-state index is 12.5. The highest BCUT2D eigenvalue weighted by molar-refractivity contribution is 7.83. The fourth-order valence-corrected chi connectivity index (χ4v) is 2.85. The van der Waals surface area contributed by atoms with Gasteiger partial charge < -0.3 is 0 Å². The Hall–Kier alpha value is -2.35. The van der Waals surface area contributed by atoms with Crippen molar-refractivity contribution in [2.45, 2.75) is 39.5 Å². The number of carbonyl (C=O) groups excluding carboxylic acids is 1. The third-order valence-electron chi connectivity index (χ3n) is 2.89. The molecule has 1 aromatic heterocycles. The molecule has 24 heavy (non-hydrogen) atoms. The van der Waals surface area contributed by atoms with Crippen LogP contribution in [-0.2, 0) is 11.0 Å². The van der Waals surface area contributed by atoms with Crippen molar-refractivity contribution >= 4 is 23.0 Å². The predicted molar refractivity (Wildman–Crippen MR) is 95.0 cm³/mol. The molecule has 0 aliphatic heterocycles. The van der Waals surface area contributed by atoms with Gasteiger partial charge in [-0.15, -0.1) is 0 Å². The lowest BCUT2D eigenvalue weighted by Gasteiger charge is -2.17. The van der Waals surface area contributed by atoms with Crippen molar-refractivity contribution in [3.8, 4) is 0 Å². The maximum atomic E-state index is 12.5. The molecule has 2 amide bonds. The summed E-state index contributed by atoms with van der Waals surface area (Å²) in [5.41, 5.74) is 0.854. The monoisotopic (exact) mass is 349 g/mol. The van der Waals surface area contributed by atoms with E-state index >= 15 is 0 Å². The molecule has 8 heteroatoms. The van der Waals surface area contributed by atoms with Gasteiger partial charge in [0.05, 0.1) is 4.90 Å². The molecule has 1 N–H and O–H groups in total. The molecule has 1 atom stereocenters. The van der Waals surface area contributed by atoms with Gasteiger partial charge in [0.25, 0.3) is 0 Å². The molecule has 0 saturated carbocycles. The summed E-state index contributed by atoms with van der Waals surface area (Å²) in [6, 6.07) is 6.66. The summed E-state index contributed by atoms with van der Waals surface area (Å²) in [4.78, 5) is 24.9. The van der Waals surface area contributed by atoms with Crippen molar-refractivity contribution in [2.75, 3.05) is 12.4 Å². The molecule has 2 rings (SSSR count). The first-order valence-electron chi connectivity index (χ1n) is 7.60. The van der Waals surface area contributed by atoms with E-state index in [2.05, 4.69) is 20.3 Å². The first kappa shape index (κ1) is 19.7. The molecule has 0 radical (unpaired) electrons. The molecule has 7 nitrogen and oxygen atoms in total. The Morgan fingerprint density at radius 1 is 1.04 bits per heavy atom. The number of nitrogens with zero attached hydrogens (tertiary/aromatic N) is 4. The second kappa shape index (κ2) is 9.07. The van der Waals surface area contributed by atoms with Gasteiger partial charge in [0, 0.05) is 7.05 Å². The SMILES string of the molecule is CC.Cc1nc(C)nc(NC(=O)N(C)S(=O)c2ccccc2C)n1. The van der Waals surface area contributed by atoms with Crippen molar-refractivity contribution < 1.29 is 9.00 Å². The van der Waals surface area contributed by atoms with Crippen LogP contribution in [0.4, 0.5) is 10.7 Å². The van der Waals surface area contributed by atoms with Crippen LogP contribution in [0.3, 0.4) is 0 Å². The van der Waals surface area contributed by atoms with E-state index in [1.165, 1.54) is 7.05 Å². The molecule has 2 aromatic rings. The van der Waals surface area contributed by atoms with Crippen LogP contribution in [0.1, 0.15) is 31.1 Å². The third kappa shape index (κ3) is 5.09. The fourth-order valence-electron chi connectivity index (χ4n) is 1.82. The number of benzene rings is 1. The standard InChI is InChI=1S/C14H17N5O2S.C2H6/c1-9-7-5-6-8-12(9)22(21)19(4)14(20)18-13-16-10(2)15-11(3)17-13;1-2/h5-8H,1-4H3,(H,15,16,17,18,20);1-2H3. The largest absolute Gasteiger partial charge is 0.336 e. The minimum Gasteiger partial charge on any atom is -0.275 e.